The van der Waals surface area contributed by atoms with Crippen LogP contribution in [-0.2, 0) is 0 Å². The molecule has 1 aromatic heterocycles. The second kappa shape index (κ2) is 5.46. The molecule has 21 heavy (non-hydrogen) atoms. The molecule has 0 saturated carbocycles. The Balaban J connectivity index is 2.09. The van der Waals surface area contributed by atoms with Crippen LogP contribution in [0.15, 0.2) is 53.6 Å². The molecule has 3 rings (SSSR count). The van der Waals surface area contributed by atoms with Crippen molar-refractivity contribution < 1.29 is 8.91 Å². The summed E-state index contributed by atoms with van der Waals surface area (Å²) >= 11 is 0. The first-order chi connectivity index (χ1) is 10.2. The van der Waals surface area contributed by atoms with Crippen molar-refractivity contribution in [3.8, 4) is 11.4 Å². The Kier molecular flexibility index (Phi) is 3.50. The maximum absolute atomic E-state index is 13.8. The van der Waals surface area contributed by atoms with E-state index in [2.05, 4.69) is 16.7 Å². The van der Waals surface area contributed by atoms with Crippen LogP contribution in [-0.4, -0.2) is 10.1 Å². The van der Waals surface area contributed by atoms with Gasteiger partial charge in [-0.15, -0.1) is 6.58 Å². The first-order valence-electron chi connectivity index (χ1n) is 6.58. The summed E-state index contributed by atoms with van der Waals surface area (Å²) < 4.78 is 19.0. The lowest BCUT2D eigenvalue weighted by atomic mass is 10.0. The van der Waals surface area contributed by atoms with Gasteiger partial charge in [0.15, 0.2) is 0 Å². The van der Waals surface area contributed by atoms with Crippen molar-refractivity contribution in [2.24, 2.45) is 5.73 Å². The number of nitrogens with zero attached hydrogens (tertiary/aromatic N) is 2. The first-order valence-corrected chi connectivity index (χ1v) is 6.58. The van der Waals surface area contributed by atoms with Crippen LogP contribution in [0.2, 0.25) is 0 Å². The van der Waals surface area contributed by atoms with Crippen molar-refractivity contribution in [1.82, 2.24) is 10.1 Å². The van der Waals surface area contributed by atoms with Crippen molar-refractivity contribution in [1.29, 1.82) is 0 Å². The lowest BCUT2D eigenvalue weighted by Crippen LogP contribution is -2.09. The summed E-state index contributed by atoms with van der Waals surface area (Å²) in [5.41, 5.74) is 6.62. The lowest BCUT2D eigenvalue weighted by molar-refractivity contribution is 0.356. The summed E-state index contributed by atoms with van der Waals surface area (Å²) in [6.07, 6.45) is 2.24. The quantitative estimate of drug-likeness (QED) is 0.743. The van der Waals surface area contributed by atoms with Gasteiger partial charge in [-0.1, -0.05) is 35.5 Å². The van der Waals surface area contributed by atoms with Crippen LogP contribution in [0.5, 0.6) is 0 Å². The van der Waals surface area contributed by atoms with E-state index in [4.69, 9.17) is 10.3 Å². The van der Waals surface area contributed by atoms with Gasteiger partial charge in [0.25, 0.3) is 0 Å². The Morgan fingerprint density at radius 3 is 2.76 bits per heavy atom. The Bertz CT molecular complexity index is 797. The summed E-state index contributed by atoms with van der Waals surface area (Å²) in [5, 5.41) is 5.21. The summed E-state index contributed by atoms with van der Waals surface area (Å²) in [6, 6.07) is 9.84. The van der Waals surface area contributed by atoms with Gasteiger partial charge < -0.3 is 10.3 Å². The van der Waals surface area contributed by atoms with Crippen LogP contribution < -0.4 is 5.73 Å². The van der Waals surface area contributed by atoms with E-state index in [1.807, 2.05) is 12.1 Å². The molecule has 1 atom stereocenters. The van der Waals surface area contributed by atoms with E-state index in [0.717, 1.165) is 5.39 Å². The maximum Gasteiger partial charge on any atom is 0.244 e. The molecule has 0 bridgehead atoms. The molecular weight excluding hydrogens is 269 g/mol. The number of fused-ring (bicyclic) bond motifs is 1. The molecule has 0 amide bonds. The lowest BCUT2D eigenvalue weighted by Gasteiger charge is -2.03. The fraction of sp³-hybridized carbons (Fsp3) is 0.125. The third kappa shape index (κ3) is 2.43. The zero-order chi connectivity index (χ0) is 14.8. The number of nitrogens with two attached hydrogens (primary N) is 1. The Morgan fingerprint density at radius 1 is 1.24 bits per heavy atom. The zero-order valence-electron chi connectivity index (χ0n) is 11.3. The van der Waals surface area contributed by atoms with Gasteiger partial charge in [0.2, 0.25) is 11.7 Å². The molecule has 2 aromatic carbocycles. The predicted molar refractivity (Wildman–Crippen MR) is 78.9 cm³/mol. The zero-order valence-corrected chi connectivity index (χ0v) is 11.3. The van der Waals surface area contributed by atoms with Crippen molar-refractivity contribution in [3.63, 3.8) is 0 Å². The minimum atomic E-state index is -0.379. The number of hydrogen-bond acceptors (Lipinski definition) is 4. The first kappa shape index (κ1) is 13.5. The number of halogens is 1. The van der Waals surface area contributed by atoms with E-state index >= 15 is 0 Å². The Morgan fingerprint density at radius 2 is 2.00 bits per heavy atom. The average molecular weight is 283 g/mol. The molecule has 0 radical (unpaired) electrons. The predicted octanol–water partition coefficient (Wildman–Crippen LogP) is 3.60. The molecule has 3 aromatic rings. The van der Waals surface area contributed by atoms with Crippen LogP contribution in [0.1, 0.15) is 18.4 Å². The summed E-state index contributed by atoms with van der Waals surface area (Å²) in [6.45, 7) is 3.63. The standard InChI is InChI=1S/C16H14FN3O/c1-2-5-14(18)16-19-15(20-21-16)12-8-9-13(17)11-7-4-3-6-10(11)12/h2-4,6-9,14H,1,5,18H2. The normalized spacial score (nSPS) is 12.5. The summed E-state index contributed by atoms with van der Waals surface area (Å²) in [7, 11) is 0. The van der Waals surface area contributed by atoms with Crippen molar-refractivity contribution in [2.75, 3.05) is 0 Å². The highest BCUT2D eigenvalue weighted by Crippen LogP contribution is 2.29. The maximum atomic E-state index is 13.8. The van der Waals surface area contributed by atoms with E-state index in [1.54, 1.807) is 24.3 Å². The fourth-order valence-electron chi connectivity index (χ4n) is 2.23. The van der Waals surface area contributed by atoms with Gasteiger partial charge in [-0.3, -0.25) is 0 Å². The topological polar surface area (TPSA) is 64.9 Å². The fourth-order valence-corrected chi connectivity index (χ4v) is 2.23. The summed E-state index contributed by atoms with van der Waals surface area (Å²) in [4.78, 5) is 4.31. The van der Waals surface area contributed by atoms with Gasteiger partial charge in [-0.25, -0.2) is 4.39 Å². The van der Waals surface area contributed by atoms with Gasteiger partial charge >= 0.3 is 0 Å². The highest BCUT2D eigenvalue weighted by Gasteiger charge is 2.16. The van der Waals surface area contributed by atoms with Crippen LogP contribution in [0.4, 0.5) is 4.39 Å². The second-order valence-corrected chi connectivity index (χ2v) is 4.73. The van der Waals surface area contributed by atoms with Crippen LogP contribution in [0, 0.1) is 5.82 Å². The molecule has 0 saturated heterocycles. The number of benzene rings is 2. The second-order valence-electron chi connectivity index (χ2n) is 4.73. The highest BCUT2D eigenvalue weighted by molar-refractivity contribution is 5.95. The van der Waals surface area contributed by atoms with Gasteiger partial charge in [-0.05, 0) is 23.9 Å². The van der Waals surface area contributed by atoms with Gasteiger partial charge in [0.1, 0.15) is 5.82 Å². The molecule has 0 aliphatic carbocycles. The third-order valence-electron chi connectivity index (χ3n) is 3.29. The Hall–Kier alpha value is -2.53. The van der Waals surface area contributed by atoms with Crippen molar-refractivity contribution >= 4 is 10.8 Å². The molecule has 1 unspecified atom stereocenters. The molecule has 2 N–H and O–H groups in total. The number of rotatable bonds is 4. The van der Waals surface area contributed by atoms with E-state index in [0.29, 0.717) is 29.1 Å². The van der Waals surface area contributed by atoms with Gasteiger partial charge in [0, 0.05) is 10.9 Å². The molecule has 1 heterocycles. The average Bonchev–Trinajstić information content (AvgIpc) is 2.98. The van der Waals surface area contributed by atoms with Crippen LogP contribution in [0.3, 0.4) is 0 Å². The monoisotopic (exact) mass is 283 g/mol. The number of aromatic nitrogens is 2. The molecule has 5 heteroatoms. The molecule has 4 nitrogen and oxygen atoms in total. The van der Waals surface area contributed by atoms with Crippen molar-refractivity contribution in [3.05, 3.63) is 60.8 Å². The smallest absolute Gasteiger partial charge is 0.244 e. The molecule has 0 spiro atoms. The molecule has 0 aliphatic rings. The SMILES string of the molecule is C=CCC(N)c1nc(-c2ccc(F)c3ccccc23)no1. The number of hydrogen-bond donors (Lipinski definition) is 1. The third-order valence-corrected chi connectivity index (χ3v) is 3.29. The van der Waals surface area contributed by atoms with E-state index in [9.17, 15) is 4.39 Å². The Labute approximate surface area is 121 Å². The molecule has 0 aliphatic heterocycles. The molecule has 0 fully saturated rings. The van der Waals surface area contributed by atoms with Crippen molar-refractivity contribution in [2.45, 2.75) is 12.5 Å². The highest BCUT2D eigenvalue weighted by atomic mass is 19.1. The van der Waals surface area contributed by atoms with E-state index in [-0.39, 0.29) is 11.9 Å². The minimum Gasteiger partial charge on any atom is -0.337 e. The van der Waals surface area contributed by atoms with Crippen LogP contribution >= 0.6 is 0 Å². The van der Waals surface area contributed by atoms with Gasteiger partial charge in [0.05, 0.1) is 6.04 Å². The largest absolute Gasteiger partial charge is 0.337 e. The minimum absolute atomic E-state index is 0.276. The molecular formula is C16H14FN3O. The van der Waals surface area contributed by atoms with Gasteiger partial charge in [-0.2, -0.15) is 4.98 Å². The van der Waals surface area contributed by atoms with E-state index in [1.165, 1.54) is 6.07 Å². The molecule has 106 valence electrons. The van der Waals surface area contributed by atoms with Crippen LogP contribution in [0.25, 0.3) is 22.2 Å². The summed E-state index contributed by atoms with van der Waals surface area (Å²) in [5.74, 6) is 0.473. The van der Waals surface area contributed by atoms with E-state index < -0.39 is 0 Å².